The van der Waals surface area contributed by atoms with Gasteiger partial charge in [0, 0.05) is 62.3 Å². The molecule has 0 unspecified atom stereocenters. The first kappa shape index (κ1) is 22.0. The van der Waals surface area contributed by atoms with Gasteiger partial charge in [0.05, 0.1) is 24.9 Å². The Morgan fingerprint density at radius 1 is 1.41 bits per heavy atom. The predicted molar refractivity (Wildman–Crippen MR) is 122 cm³/mol. The van der Waals surface area contributed by atoms with Crippen molar-refractivity contribution in [1.82, 2.24) is 14.7 Å². The maximum absolute atomic E-state index is 15.1. The summed E-state index contributed by atoms with van der Waals surface area (Å²) in [4.78, 5) is 17.9. The Labute approximate surface area is 186 Å². The van der Waals surface area contributed by atoms with E-state index in [4.69, 9.17) is 15.6 Å². The van der Waals surface area contributed by atoms with Gasteiger partial charge in [-0.25, -0.2) is 4.39 Å². The highest BCUT2D eigenvalue weighted by Gasteiger charge is 2.30. The number of amides is 1. The molecule has 1 aromatic carbocycles. The van der Waals surface area contributed by atoms with Crippen LogP contribution in [0.1, 0.15) is 43.1 Å². The number of allylic oxidation sites excluding steroid dienone is 1. The fourth-order valence-electron chi connectivity index (χ4n) is 4.29. The number of ether oxygens (including phenoxy) is 1. The fraction of sp³-hybridized carbons (Fsp3) is 0.435. The van der Waals surface area contributed by atoms with Crippen molar-refractivity contribution in [2.45, 2.75) is 39.3 Å². The number of rotatable bonds is 5. The molecule has 32 heavy (non-hydrogen) atoms. The van der Waals surface area contributed by atoms with Gasteiger partial charge in [0.15, 0.2) is 5.82 Å². The van der Waals surface area contributed by atoms with Crippen LogP contribution in [0.25, 0.3) is 5.57 Å². The van der Waals surface area contributed by atoms with Crippen molar-refractivity contribution >= 4 is 28.7 Å². The summed E-state index contributed by atoms with van der Waals surface area (Å²) in [6.07, 6.45) is 3.03. The zero-order valence-corrected chi connectivity index (χ0v) is 18.7. The van der Waals surface area contributed by atoms with Gasteiger partial charge in [0.1, 0.15) is 5.82 Å². The molecular weight excluding hydrogens is 411 g/mol. The Bertz CT molecular complexity index is 1080. The number of hydrogen-bond donors (Lipinski definition) is 2. The molecule has 2 aromatic rings. The number of halogens is 1. The standard InChI is InChI=1S/C23H29FN6O2/c1-14(26-3)18(11-25)16-4-5-21(20(24)10-16)27-23-19-12-29(15(2)31)8-6-22(19)30(28-23)17-7-9-32-13-17/h4-5,10-11,17H,6-9,12-13,25H2,1-3H3,(H,27,28)/t17-/m0/s1. The summed E-state index contributed by atoms with van der Waals surface area (Å²) in [7, 11) is 1.67. The summed E-state index contributed by atoms with van der Waals surface area (Å²) in [5.41, 5.74) is 10.1. The van der Waals surface area contributed by atoms with Crippen molar-refractivity contribution in [1.29, 1.82) is 0 Å². The molecular formula is C23H29FN6O2. The van der Waals surface area contributed by atoms with E-state index >= 15 is 4.39 Å². The van der Waals surface area contributed by atoms with Gasteiger partial charge in [-0.1, -0.05) is 6.07 Å². The van der Waals surface area contributed by atoms with E-state index in [1.165, 1.54) is 12.3 Å². The van der Waals surface area contributed by atoms with Crippen LogP contribution in [0.5, 0.6) is 0 Å². The summed E-state index contributed by atoms with van der Waals surface area (Å²) >= 11 is 0. The number of carbonyl (C=O) groups excluding carboxylic acids is 1. The Hall–Kier alpha value is -3.20. The Balaban J connectivity index is 1.68. The molecule has 0 radical (unpaired) electrons. The molecule has 1 atom stereocenters. The van der Waals surface area contributed by atoms with E-state index in [-0.39, 0.29) is 11.9 Å². The predicted octanol–water partition coefficient (Wildman–Crippen LogP) is 3.02. The number of aromatic nitrogens is 2. The molecule has 8 nitrogen and oxygen atoms in total. The molecule has 4 rings (SSSR count). The van der Waals surface area contributed by atoms with Crippen molar-refractivity contribution in [3.05, 3.63) is 47.0 Å². The van der Waals surface area contributed by atoms with E-state index in [0.717, 1.165) is 23.4 Å². The lowest BCUT2D eigenvalue weighted by molar-refractivity contribution is -0.129. The smallest absolute Gasteiger partial charge is 0.219 e. The molecule has 3 heterocycles. The Kier molecular flexibility index (Phi) is 6.27. The number of nitrogens with one attached hydrogen (secondary N) is 1. The van der Waals surface area contributed by atoms with Crippen molar-refractivity contribution in [2.24, 2.45) is 10.7 Å². The first-order chi connectivity index (χ1) is 15.4. The van der Waals surface area contributed by atoms with Crippen molar-refractivity contribution in [2.75, 3.05) is 32.1 Å². The maximum Gasteiger partial charge on any atom is 0.219 e. The highest BCUT2D eigenvalue weighted by Crippen LogP contribution is 2.33. The third kappa shape index (κ3) is 4.12. The van der Waals surface area contributed by atoms with E-state index < -0.39 is 5.82 Å². The quantitative estimate of drug-likeness (QED) is 0.697. The summed E-state index contributed by atoms with van der Waals surface area (Å²) < 4.78 is 22.6. The minimum absolute atomic E-state index is 0.0168. The van der Waals surface area contributed by atoms with Crippen LogP contribution in [0.4, 0.5) is 15.9 Å². The lowest BCUT2D eigenvalue weighted by atomic mass is 10.0. The summed E-state index contributed by atoms with van der Waals surface area (Å²) in [6, 6.07) is 5.07. The molecule has 0 saturated carbocycles. The molecule has 3 N–H and O–H groups in total. The molecule has 1 fully saturated rings. The average molecular weight is 441 g/mol. The number of nitrogens with two attached hydrogens (primary N) is 1. The Morgan fingerprint density at radius 2 is 2.22 bits per heavy atom. The summed E-state index contributed by atoms with van der Waals surface area (Å²) in [5.74, 6) is 0.172. The van der Waals surface area contributed by atoms with Crippen LogP contribution in [0.2, 0.25) is 0 Å². The molecule has 0 bridgehead atoms. The second kappa shape index (κ2) is 9.12. The van der Waals surface area contributed by atoms with Crippen LogP contribution < -0.4 is 11.1 Å². The number of fused-ring (bicyclic) bond motifs is 1. The molecule has 0 spiro atoms. The van der Waals surface area contributed by atoms with E-state index in [0.29, 0.717) is 55.4 Å². The van der Waals surface area contributed by atoms with Gasteiger partial charge in [-0.15, -0.1) is 0 Å². The SMILES string of the molecule is CN=C(C)C(=CN)c1ccc(Nc2nn([C@H]3CCOC3)c3c2CN(C(C)=O)CC3)c(F)c1. The monoisotopic (exact) mass is 440 g/mol. The maximum atomic E-state index is 15.1. The average Bonchev–Trinajstić information content (AvgIpc) is 3.43. The first-order valence-electron chi connectivity index (χ1n) is 10.8. The Morgan fingerprint density at radius 3 is 2.84 bits per heavy atom. The topological polar surface area (TPSA) is 97.8 Å². The van der Waals surface area contributed by atoms with Gasteiger partial charge in [-0.05, 0) is 31.0 Å². The van der Waals surface area contributed by atoms with Crippen LogP contribution in [0.15, 0.2) is 29.4 Å². The molecule has 1 aromatic heterocycles. The van der Waals surface area contributed by atoms with Gasteiger partial charge < -0.3 is 20.7 Å². The molecule has 0 aliphatic carbocycles. The van der Waals surface area contributed by atoms with Crippen LogP contribution in [0.3, 0.4) is 0 Å². The van der Waals surface area contributed by atoms with Crippen LogP contribution in [-0.4, -0.2) is 53.1 Å². The first-order valence-corrected chi connectivity index (χ1v) is 10.8. The lowest BCUT2D eigenvalue weighted by Crippen LogP contribution is -2.35. The van der Waals surface area contributed by atoms with Crippen molar-refractivity contribution in [3.63, 3.8) is 0 Å². The minimum atomic E-state index is -0.419. The van der Waals surface area contributed by atoms with Gasteiger partial charge in [0.25, 0.3) is 0 Å². The van der Waals surface area contributed by atoms with Gasteiger partial charge in [0.2, 0.25) is 5.91 Å². The largest absolute Gasteiger partial charge is 0.404 e. The molecule has 1 amide bonds. The number of hydrogen-bond acceptors (Lipinski definition) is 6. The second-order valence-corrected chi connectivity index (χ2v) is 8.14. The molecule has 9 heteroatoms. The lowest BCUT2D eigenvalue weighted by Gasteiger charge is -2.27. The number of nitrogens with zero attached hydrogens (tertiary/aromatic N) is 4. The summed E-state index contributed by atoms with van der Waals surface area (Å²) in [5, 5.41) is 7.95. The minimum Gasteiger partial charge on any atom is -0.404 e. The third-order valence-corrected chi connectivity index (χ3v) is 6.21. The molecule has 170 valence electrons. The number of benzene rings is 1. The van der Waals surface area contributed by atoms with E-state index in [1.807, 2.05) is 11.6 Å². The number of anilines is 2. The van der Waals surface area contributed by atoms with Gasteiger partial charge in [-0.3, -0.25) is 14.5 Å². The molecule has 2 aliphatic heterocycles. The van der Waals surface area contributed by atoms with Crippen LogP contribution in [0, 0.1) is 5.82 Å². The highest BCUT2D eigenvalue weighted by atomic mass is 19.1. The molecule has 1 saturated heterocycles. The van der Waals surface area contributed by atoms with Gasteiger partial charge in [-0.2, -0.15) is 5.10 Å². The van der Waals surface area contributed by atoms with E-state index in [2.05, 4.69) is 10.3 Å². The van der Waals surface area contributed by atoms with Gasteiger partial charge >= 0.3 is 0 Å². The van der Waals surface area contributed by atoms with Crippen molar-refractivity contribution in [3.8, 4) is 0 Å². The second-order valence-electron chi connectivity index (χ2n) is 8.14. The third-order valence-electron chi connectivity index (χ3n) is 6.21. The molecule has 2 aliphatic rings. The highest BCUT2D eigenvalue weighted by molar-refractivity contribution is 6.22. The normalized spacial score (nSPS) is 19.2. The zero-order chi connectivity index (χ0) is 22.8. The van der Waals surface area contributed by atoms with E-state index in [1.54, 1.807) is 31.0 Å². The summed E-state index contributed by atoms with van der Waals surface area (Å²) in [6.45, 7) is 5.81. The van der Waals surface area contributed by atoms with Crippen LogP contribution >= 0.6 is 0 Å². The van der Waals surface area contributed by atoms with E-state index in [9.17, 15) is 4.79 Å². The zero-order valence-electron chi connectivity index (χ0n) is 18.7. The van der Waals surface area contributed by atoms with Crippen molar-refractivity contribution < 1.29 is 13.9 Å². The van der Waals surface area contributed by atoms with Crippen LogP contribution in [-0.2, 0) is 22.5 Å². The number of aliphatic imine (C=N–C) groups is 1. The fourth-order valence-corrected chi connectivity index (χ4v) is 4.29. The number of carbonyl (C=O) groups is 1.